The lowest BCUT2D eigenvalue weighted by atomic mass is 10.3. The first kappa shape index (κ1) is 14.5. The molecule has 0 spiro atoms. The van der Waals surface area contributed by atoms with E-state index in [-0.39, 0.29) is 5.97 Å². The Bertz CT molecular complexity index is 324. The summed E-state index contributed by atoms with van der Waals surface area (Å²) in [5, 5.41) is 0. The summed E-state index contributed by atoms with van der Waals surface area (Å²) >= 11 is 4.95. The third-order valence-corrected chi connectivity index (χ3v) is 1.37. The molecule has 0 unspecified atom stereocenters. The van der Waals surface area contributed by atoms with E-state index in [2.05, 4.69) is 9.47 Å². The summed E-state index contributed by atoms with van der Waals surface area (Å²) in [4.78, 5) is 20.0. The molecule has 0 bridgehead atoms. The lowest BCUT2D eigenvalue weighted by Crippen LogP contribution is -1.95. The molecule has 0 saturated carbocycles. The predicted molar refractivity (Wildman–Crippen MR) is 60.6 cm³/mol. The first-order valence-electron chi connectivity index (χ1n) is 4.62. The molecule has 0 saturated heterocycles. The van der Waals surface area contributed by atoms with Crippen LogP contribution in [0.25, 0.3) is 0 Å². The van der Waals surface area contributed by atoms with Gasteiger partial charge in [-0.3, -0.25) is 4.79 Å². The van der Waals surface area contributed by atoms with Crippen molar-refractivity contribution in [2.24, 2.45) is 0 Å². The molecule has 0 aliphatic carbocycles. The highest BCUT2D eigenvalue weighted by Crippen LogP contribution is 2.09. The fourth-order valence-corrected chi connectivity index (χ4v) is 0.874. The van der Waals surface area contributed by atoms with Gasteiger partial charge in [-0.05, 0) is 19.1 Å². The van der Waals surface area contributed by atoms with Crippen molar-refractivity contribution in [1.29, 1.82) is 0 Å². The average Bonchev–Trinajstić information content (AvgIpc) is 2.18. The van der Waals surface area contributed by atoms with Crippen molar-refractivity contribution in [2.45, 2.75) is 13.8 Å². The maximum absolute atomic E-state index is 10.2. The fraction of sp³-hybridized carbons (Fsp3) is 0.273. The van der Waals surface area contributed by atoms with Crippen molar-refractivity contribution in [3.05, 3.63) is 30.3 Å². The van der Waals surface area contributed by atoms with Gasteiger partial charge < -0.3 is 9.47 Å². The molecule has 1 aromatic carbocycles. The molecule has 0 N–H and O–H groups in total. The molecule has 0 aliphatic heterocycles. The largest absolute Gasteiger partial charge is 0.466 e. The monoisotopic (exact) mass is 244 g/mol. The molecule has 0 amide bonds. The van der Waals surface area contributed by atoms with Crippen molar-refractivity contribution in [3.8, 4) is 5.75 Å². The van der Waals surface area contributed by atoms with Crippen LogP contribution in [0.3, 0.4) is 0 Å². The molecule has 16 heavy (non-hydrogen) atoms. The molecule has 0 aliphatic rings. The minimum Gasteiger partial charge on any atom is -0.466 e. The Morgan fingerprint density at radius 2 is 1.81 bits per heavy atom. The Morgan fingerprint density at radius 1 is 1.25 bits per heavy atom. The van der Waals surface area contributed by atoms with Crippen LogP contribution in [0, 0.1) is 0 Å². The molecule has 0 radical (unpaired) electrons. The van der Waals surface area contributed by atoms with Gasteiger partial charge >= 0.3 is 11.4 Å². The van der Waals surface area contributed by atoms with E-state index in [9.17, 15) is 9.59 Å². The minimum atomic E-state index is -0.814. The van der Waals surface area contributed by atoms with Crippen LogP contribution >= 0.6 is 11.6 Å². The van der Waals surface area contributed by atoms with Crippen LogP contribution in [0.5, 0.6) is 5.75 Å². The average molecular weight is 245 g/mol. The number of rotatable bonds is 2. The van der Waals surface area contributed by atoms with Crippen molar-refractivity contribution in [2.75, 3.05) is 6.61 Å². The zero-order valence-corrected chi connectivity index (χ0v) is 9.86. The molecule has 4 nitrogen and oxygen atoms in total. The van der Waals surface area contributed by atoms with Gasteiger partial charge in [-0.15, -0.1) is 0 Å². The molecule has 0 aromatic heterocycles. The number of carbonyl (C=O) groups is 2. The van der Waals surface area contributed by atoms with E-state index in [0.717, 1.165) is 0 Å². The number of hydrogen-bond donors (Lipinski definition) is 0. The highest BCUT2D eigenvalue weighted by molar-refractivity contribution is 6.61. The molecule has 0 atom stereocenters. The maximum Gasteiger partial charge on any atom is 0.409 e. The van der Waals surface area contributed by atoms with Crippen LogP contribution < -0.4 is 4.74 Å². The van der Waals surface area contributed by atoms with E-state index in [1.165, 1.54) is 6.92 Å². The molecular weight excluding hydrogens is 232 g/mol. The Labute approximate surface area is 99.1 Å². The van der Waals surface area contributed by atoms with Gasteiger partial charge in [-0.25, -0.2) is 4.79 Å². The fourth-order valence-electron chi connectivity index (χ4n) is 0.784. The predicted octanol–water partition coefficient (Wildman–Crippen LogP) is 2.99. The van der Waals surface area contributed by atoms with Crippen LogP contribution in [-0.4, -0.2) is 18.0 Å². The zero-order chi connectivity index (χ0) is 12.4. The molecule has 0 heterocycles. The summed E-state index contributed by atoms with van der Waals surface area (Å²) in [6, 6.07) is 8.65. The number of ether oxygens (including phenoxy) is 2. The van der Waals surface area contributed by atoms with Crippen molar-refractivity contribution >= 4 is 23.0 Å². The van der Waals surface area contributed by atoms with Crippen LogP contribution in [0.4, 0.5) is 4.79 Å². The first-order valence-corrected chi connectivity index (χ1v) is 4.99. The summed E-state index contributed by atoms with van der Waals surface area (Å²) < 4.78 is 8.94. The molecular formula is C11H13ClO4. The summed E-state index contributed by atoms with van der Waals surface area (Å²) in [6.07, 6.45) is 0. The Hall–Kier alpha value is -1.55. The van der Waals surface area contributed by atoms with Gasteiger partial charge in [-0.2, -0.15) is 0 Å². The van der Waals surface area contributed by atoms with Gasteiger partial charge in [0.15, 0.2) is 0 Å². The maximum atomic E-state index is 10.2. The quantitative estimate of drug-likeness (QED) is 0.593. The van der Waals surface area contributed by atoms with Gasteiger partial charge in [-0.1, -0.05) is 18.2 Å². The second-order valence-electron chi connectivity index (χ2n) is 2.58. The van der Waals surface area contributed by atoms with Gasteiger partial charge in [0.2, 0.25) is 0 Å². The van der Waals surface area contributed by atoms with Crippen molar-refractivity contribution < 1.29 is 19.1 Å². The summed E-state index contributed by atoms with van der Waals surface area (Å²) in [5.41, 5.74) is -0.814. The Balaban J connectivity index is 0.000000325. The first-order chi connectivity index (χ1) is 7.56. The molecule has 0 fully saturated rings. The minimum absolute atomic E-state index is 0.211. The van der Waals surface area contributed by atoms with E-state index < -0.39 is 5.43 Å². The highest BCUT2D eigenvalue weighted by Gasteiger charge is 1.95. The third-order valence-electron chi connectivity index (χ3n) is 1.29. The van der Waals surface area contributed by atoms with E-state index in [0.29, 0.717) is 12.4 Å². The lowest BCUT2D eigenvalue weighted by Gasteiger charge is -1.95. The third kappa shape index (κ3) is 9.02. The van der Waals surface area contributed by atoms with E-state index in [1.54, 1.807) is 31.2 Å². The van der Waals surface area contributed by atoms with Crippen molar-refractivity contribution in [1.82, 2.24) is 0 Å². The standard InChI is InChI=1S/C7H5ClO2.C4H8O2/c8-7(9)10-6-4-2-1-3-5-6;1-3-6-4(2)5/h1-5H;3H2,1-2H3. The zero-order valence-electron chi connectivity index (χ0n) is 9.10. The second kappa shape index (κ2) is 8.73. The van der Waals surface area contributed by atoms with Gasteiger partial charge in [0.25, 0.3) is 0 Å². The number of halogens is 1. The van der Waals surface area contributed by atoms with Crippen LogP contribution in [0.1, 0.15) is 13.8 Å². The highest BCUT2D eigenvalue weighted by atomic mass is 35.5. The van der Waals surface area contributed by atoms with Gasteiger partial charge in [0.1, 0.15) is 5.75 Å². The van der Waals surface area contributed by atoms with Crippen LogP contribution in [0.15, 0.2) is 30.3 Å². The van der Waals surface area contributed by atoms with E-state index in [1.807, 2.05) is 6.07 Å². The second-order valence-corrected chi connectivity index (χ2v) is 2.89. The van der Waals surface area contributed by atoms with Gasteiger partial charge in [0.05, 0.1) is 6.61 Å². The number of para-hydroxylation sites is 1. The summed E-state index contributed by atoms with van der Waals surface area (Å²) in [5.74, 6) is 0.250. The Kier molecular flexibility index (Phi) is 7.89. The smallest absolute Gasteiger partial charge is 0.409 e. The van der Waals surface area contributed by atoms with Crippen LogP contribution in [-0.2, 0) is 9.53 Å². The van der Waals surface area contributed by atoms with Crippen molar-refractivity contribution in [3.63, 3.8) is 0 Å². The number of hydrogen-bond acceptors (Lipinski definition) is 4. The molecule has 88 valence electrons. The van der Waals surface area contributed by atoms with Crippen LogP contribution in [0.2, 0.25) is 0 Å². The van der Waals surface area contributed by atoms with E-state index in [4.69, 9.17) is 11.6 Å². The lowest BCUT2D eigenvalue weighted by molar-refractivity contribution is -0.140. The normalized spacial score (nSPS) is 8.44. The molecule has 1 aromatic rings. The summed E-state index contributed by atoms with van der Waals surface area (Å²) in [6.45, 7) is 3.65. The topological polar surface area (TPSA) is 52.6 Å². The summed E-state index contributed by atoms with van der Waals surface area (Å²) in [7, 11) is 0. The van der Waals surface area contributed by atoms with E-state index >= 15 is 0 Å². The van der Waals surface area contributed by atoms with Gasteiger partial charge in [0, 0.05) is 18.5 Å². The number of carbonyl (C=O) groups excluding carboxylic acids is 2. The number of benzene rings is 1. The number of esters is 1. The SMILES string of the molecule is CCOC(C)=O.O=C(Cl)Oc1ccccc1. The molecule has 1 rings (SSSR count). The molecule has 5 heteroatoms. The Morgan fingerprint density at radius 3 is 2.12 bits per heavy atom.